The molecule has 1 spiro atoms. The van der Waals surface area contributed by atoms with E-state index in [2.05, 4.69) is 207 Å². The standard InChI is InChI=1S/C52H37N/c1-51(2)45-25-13-9-24-41(45)44-33-37(32-42(50(44)51)34-17-5-3-6-18-34)53(35-19-7-4-8-20-35)36-29-30-49-43(31-36)40-23-12-16-28-48(40)52(49)46-26-14-10-21-38(46)39-22-11-15-27-47(39)52/h3-33H,1-2H3. The first-order chi connectivity index (χ1) is 26.1. The maximum Gasteiger partial charge on any atom is 0.0725 e. The van der Waals surface area contributed by atoms with Crippen LogP contribution < -0.4 is 4.90 Å². The lowest BCUT2D eigenvalue weighted by atomic mass is 9.70. The summed E-state index contributed by atoms with van der Waals surface area (Å²) in [6.45, 7) is 4.76. The van der Waals surface area contributed by atoms with E-state index in [0.717, 1.165) is 17.1 Å². The van der Waals surface area contributed by atoms with Crippen molar-refractivity contribution in [2.24, 2.45) is 0 Å². The van der Waals surface area contributed by atoms with Crippen molar-refractivity contribution >= 4 is 17.1 Å². The molecule has 0 aliphatic heterocycles. The number of nitrogens with zero attached hydrogens (tertiary/aromatic N) is 1. The molecule has 0 aromatic heterocycles. The number of para-hydroxylation sites is 1. The average molecular weight is 676 g/mol. The molecule has 0 bridgehead atoms. The quantitative estimate of drug-likeness (QED) is 0.179. The molecule has 0 atom stereocenters. The van der Waals surface area contributed by atoms with E-state index >= 15 is 0 Å². The molecule has 0 saturated carbocycles. The van der Waals surface area contributed by atoms with Crippen LogP contribution in [-0.2, 0) is 10.8 Å². The Morgan fingerprint density at radius 2 is 0.755 bits per heavy atom. The van der Waals surface area contributed by atoms with Gasteiger partial charge in [0.25, 0.3) is 0 Å². The molecule has 0 fully saturated rings. The lowest BCUT2D eigenvalue weighted by Gasteiger charge is -2.31. The summed E-state index contributed by atoms with van der Waals surface area (Å²) in [6.07, 6.45) is 0. The number of fused-ring (bicyclic) bond motifs is 13. The SMILES string of the molecule is CC1(C)c2ccccc2-c2cc(N(c3ccccc3)c3ccc4c(c3)-c3ccccc3C43c4ccccc4-c4ccccc43)cc(-c3ccccc3)c21. The van der Waals surface area contributed by atoms with Crippen LogP contribution in [0.1, 0.15) is 47.2 Å². The summed E-state index contributed by atoms with van der Waals surface area (Å²) in [7, 11) is 0. The van der Waals surface area contributed by atoms with Gasteiger partial charge in [0.2, 0.25) is 0 Å². The van der Waals surface area contributed by atoms with Gasteiger partial charge in [0, 0.05) is 22.5 Å². The molecule has 8 aromatic rings. The largest absolute Gasteiger partial charge is 0.310 e. The second-order valence-electron chi connectivity index (χ2n) is 15.2. The third kappa shape index (κ3) is 4.02. The van der Waals surface area contributed by atoms with E-state index in [1.54, 1.807) is 0 Å². The lowest BCUT2D eigenvalue weighted by molar-refractivity contribution is 0.662. The maximum atomic E-state index is 2.46. The monoisotopic (exact) mass is 675 g/mol. The molecule has 11 rings (SSSR count). The van der Waals surface area contributed by atoms with Crippen LogP contribution in [0.4, 0.5) is 17.1 Å². The van der Waals surface area contributed by atoms with E-state index in [1.807, 2.05) is 0 Å². The van der Waals surface area contributed by atoms with Crippen molar-refractivity contribution in [3.63, 3.8) is 0 Å². The van der Waals surface area contributed by atoms with Crippen LogP contribution in [0.15, 0.2) is 188 Å². The summed E-state index contributed by atoms with van der Waals surface area (Å²) in [4.78, 5) is 2.46. The Bertz CT molecular complexity index is 2710. The van der Waals surface area contributed by atoms with Gasteiger partial charge >= 0.3 is 0 Å². The molecule has 8 aromatic carbocycles. The van der Waals surface area contributed by atoms with Gasteiger partial charge in [-0.3, -0.25) is 0 Å². The van der Waals surface area contributed by atoms with Crippen LogP contribution in [0, 0.1) is 0 Å². The van der Waals surface area contributed by atoms with Crippen molar-refractivity contribution < 1.29 is 0 Å². The number of hydrogen-bond donors (Lipinski definition) is 0. The van der Waals surface area contributed by atoms with Crippen LogP contribution in [0.3, 0.4) is 0 Å². The average Bonchev–Trinajstić information content (AvgIpc) is 3.77. The van der Waals surface area contributed by atoms with Crippen LogP contribution in [0.5, 0.6) is 0 Å². The molecule has 0 heterocycles. The van der Waals surface area contributed by atoms with Crippen LogP contribution in [-0.4, -0.2) is 0 Å². The Morgan fingerprint density at radius 1 is 0.321 bits per heavy atom. The van der Waals surface area contributed by atoms with Crippen molar-refractivity contribution in [2.45, 2.75) is 24.7 Å². The normalized spacial score (nSPS) is 14.5. The number of anilines is 3. The topological polar surface area (TPSA) is 3.24 Å². The Balaban J connectivity index is 1.18. The molecule has 0 N–H and O–H groups in total. The molecule has 3 aliphatic rings. The fourth-order valence-corrected chi connectivity index (χ4v) is 10.1. The van der Waals surface area contributed by atoms with E-state index in [0.29, 0.717) is 0 Å². The Kier molecular flexibility index (Phi) is 6.29. The highest BCUT2D eigenvalue weighted by molar-refractivity contribution is 5.98. The molecular formula is C52H37N. The van der Waals surface area contributed by atoms with Crippen LogP contribution in [0.25, 0.3) is 44.5 Å². The van der Waals surface area contributed by atoms with E-state index < -0.39 is 0 Å². The molecule has 53 heavy (non-hydrogen) atoms. The number of benzene rings is 8. The van der Waals surface area contributed by atoms with Gasteiger partial charge in [-0.25, -0.2) is 0 Å². The van der Waals surface area contributed by atoms with Gasteiger partial charge < -0.3 is 4.90 Å². The van der Waals surface area contributed by atoms with Crippen LogP contribution >= 0.6 is 0 Å². The number of hydrogen-bond acceptors (Lipinski definition) is 1. The number of rotatable bonds is 4. The van der Waals surface area contributed by atoms with E-state index in [-0.39, 0.29) is 10.8 Å². The van der Waals surface area contributed by atoms with Crippen molar-refractivity contribution in [3.05, 3.63) is 221 Å². The summed E-state index contributed by atoms with van der Waals surface area (Å²) in [5.74, 6) is 0. The van der Waals surface area contributed by atoms with E-state index in [9.17, 15) is 0 Å². The van der Waals surface area contributed by atoms with Crippen molar-refractivity contribution in [1.82, 2.24) is 0 Å². The zero-order valence-electron chi connectivity index (χ0n) is 29.8. The fraction of sp³-hybridized carbons (Fsp3) is 0.0769. The van der Waals surface area contributed by atoms with Gasteiger partial charge in [-0.15, -0.1) is 0 Å². The van der Waals surface area contributed by atoms with Crippen LogP contribution in [0.2, 0.25) is 0 Å². The molecule has 0 radical (unpaired) electrons. The fourth-order valence-electron chi connectivity index (χ4n) is 10.1. The highest BCUT2D eigenvalue weighted by atomic mass is 15.1. The molecule has 3 aliphatic carbocycles. The summed E-state index contributed by atoms with van der Waals surface area (Å²) >= 11 is 0. The van der Waals surface area contributed by atoms with Crippen molar-refractivity contribution in [1.29, 1.82) is 0 Å². The molecule has 0 amide bonds. The van der Waals surface area contributed by atoms with Crippen molar-refractivity contribution in [2.75, 3.05) is 4.90 Å². The third-order valence-electron chi connectivity index (χ3n) is 12.2. The molecule has 1 nitrogen and oxygen atoms in total. The smallest absolute Gasteiger partial charge is 0.0725 e. The van der Waals surface area contributed by atoms with Gasteiger partial charge in [0.05, 0.1) is 5.41 Å². The molecular weight excluding hydrogens is 639 g/mol. The molecule has 250 valence electrons. The zero-order chi connectivity index (χ0) is 35.3. The van der Waals surface area contributed by atoms with E-state index in [1.165, 1.54) is 77.9 Å². The minimum atomic E-state index is -0.363. The van der Waals surface area contributed by atoms with E-state index in [4.69, 9.17) is 0 Å². The highest BCUT2D eigenvalue weighted by Crippen LogP contribution is 2.63. The third-order valence-corrected chi connectivity index (χ3v) is 12.2. The first-order valence-electron chi connectivity index (χ1n) is 18.7. The summed E-state index contributed by atoms with van der Waals surface area (Å²) in [5.41, 5.74) is 21.6. The maximum absolute atomic E-state index is 2.46. The predicted molar refractivity (Wildman–Crippen MR) is 220 cm³/mol. The molecule has 1 heteroatoms. The highest BCUT2D eigenvalue weighted by Gasteiger charge is 2.51. The Hall–Kier alpha value is -6.44. The molecule has 0 unspecified atom stereocenters. The Labute approximate surface area is 311 Å². The molecule has 0 saturated heterocycles. The van der Waals surface area contributed by atoms with Gasteiger partial charge in [-0.2, -0.15) is 0 Å². The minimum absolute atomic E-state index is 0.132. The first-order valence-corrected chi connectivity index (χ1v) is 18.7. The van der Waals surface area contributed by atoms with Gasteiger partial charge in [0.1, 0.15) is 0 Å². The lowest BCUT2D eigenvalue weighted by Crippen LogP contribution is -2.25. The first kappa shape index (κ1) is 30.2. The predicted octanol–water partition coefficient (Wildman–Crippen LogP) is 13.5. The minimum Gasteiger partial charge on any atom is -0.310 e. The summed E-state index contributed by atoms with van der Waals surface area (Å²) < 4.78 is 0. The van der Waals surface area contributed by atoms with Gasteiger partial charge in [-0.05, 0) is 114 Å². The second-order valence-corrected chi connectivity index (χ2v) is 15.2. The Morgan fingerprint density at radius 3 is 1.36 bits per heavy atom. The van der Waals surface area contributed by atoms with Gasteiger partial charge in [0.15, 0.2) is 0 Å². The zero-order valence-corrected chi connectivity index (χ0v) is 29.8. The summed E-state index contributed by atoms with van der Waals surface area (Å²) in [5, 5.41) is 0. The van der Waals surface area contributed by atoms with Crippen molar-refractivity contribution in [3.8, 4) is 44.5 Å². The van der Waals surface area contributed by atoms with Gasteiger partial charge in [-0.1, -0.05) is 166 Å². The second kappa shape index (κ2) is 11.0. The summed E-state index contributed by atoms with van der Waals surface area (Å²) in [6, 6.07) is 70.0.